The zero-order valence-electron chi connectivity index (χ0n) is 14.0. The third-order valence-corrected chi connectivity index (χ3v) is 3.57. The van der Waals surface area contributed by atoms with Gasteiger partial charge in [-0.1, -0.05) is 23.9 Å². The maximum Gasteiger partial charge on any atom is 0.277 e. The molecule has 0 radical (unpaired) electrons. The Hall–Kier alpha value is -2.09. The number of halogens is 1. The van der Waals surface area contributed by atoms with Gasteiger partial charge in [-0.3, -0.25) is 4.79 Å². The Balaban J connectivity index is 1.90. The molecule has 0 spiro atoms. The Labute approximate surface area is 144 Å². The highest BCUT2D eigenvalue weighted by atomic mass is 32.2. The molecule has 1 atom stereocenters. The standard InChI is InChI=1S/C16H20FN3O3S/c1-10(22-12-8-6-5-7-11(12)17)14-19-20-15(23-14)24-9-13(21)18-16(2,3)4/h5-8,10H,9H2,1-4H3,(H,18,21). The predicted molar refractivity (Wildman–Crippen MR) is 88.4 cm³/mol. The minimum absolute atomic E-state index is 0.113. The second-order valence-corrected chi connectivity index (χ2v) is 7.11. The molecule has 0 saturated heterocycles. The maximum atomic E-state index is 13.6. The predicted octanol–water partition coefficient (Wildman–Crippen LogP) is 3.36. The number of ether oxygens (including phenoxy) is 1. The average Bonchev–Trinajstić information content (AvgIpc) is 2.95. The van der Waals surface area contributed by atoms with Crippen molar-refractivity contribution in [3.8, 4) is 5.75 Å². The van der Waals surface area contributed by atoms with Gasteiger partial charge in [-0.2, -0.15) is 0 Å². The molecule has 1 amide bonds. The number of aromatic nitrogens is 2. The lowest BCUT2D eigenvalue weighted by Gasteiger charge is -2.19. The molecule has 24 heavy (non-hydrogen) atoms. The van der Waals surface area contributed by atoms with Crippen molar-refractivity contribution >= 4 is 17.7 Å². The summed E-state index contributed by atoms with van der Waals surface area (Å²) in [7, 11) is 0. The van der Waals surface area contributed by atoms with E-state index in [2.05, 4.69) is 15.5 Å². The molecule has 2 aromatic rings. The highest BCUT2D eigenvalue weighted by Gasteiger charge is 2.19. The molecule has 0 aliphatic rings. The summed E-state index contributed by atoms with van der Waals surface area (Å²) < 4.78 is 24.5. The SMILES string of the molecule is CC(Oc1ccccc1F)c1nnc(SCC(=O)NC(C)(C)C)o1. The first kappa shape index (κ1) is 18.3. The van der Waals surface area contributed by atoms with Crippen LogP contribution in [-0.4, -0.2) is 27.4 Å². The number of amides is 1. The third kappa shape index (κ3) is 5.52. The van der Waals surface area contributed by atoms with Crippen molar-refractivity contribution in [2.75, 3.05) is 5.75 Å². The monoisotopic (exact) mass is 353 g/mol. The molecule has 0 bridgehead atoms. The number of para-hydroxylation sites is 1. The van der Waals surface area contributed by atoms with E-state index >= 15 is 0 Å². The molecule has 1 unspecified atom stereocenters. The summed E-state index contributed by atoms with van der Waals surface area (Å²) in [6, 6.07) is 6.09. The fourth-order valence-electron chi connectivity index (χ4n) is 1.81. The van der Waals surface area contributed by atoms with Gasteiger partial charge >= 0.3 is 0 Å². The number of carbonyl (C=O) groups is 1. The Kier molecular flexibility index (Phi) is 5.82. The smallest absolute Gasteiger partial charge is 0.277 e. The van der Waals surface area contributed by atoms with Gasteiger partial charge in [0.1, 0.15) is 0 Å². The van der Waals surface area contributed by atoms with Gasteiger partial charge < -0.3 is 14.5 Å². The fraction of sp³-hybridized carbons (Fsp3) is 0.438. The highest BCUT2D eigenvalue weighted by molar-refractivity contribution is 7.99. The van der Waals surface area contributed by atoms with Gasteiger partial charge in [-0.05, 0) is 39.8 Å². The summed E-state index contributed by atoms with van der Waals surface area (Å²) in [6.45, 7) is 7.40. The lowest BCUT2D eigenvalue weighted by molar-refractivity contribution is -0.119. The van der Waals surface area contributed by atoms with E-state index in [0.717, 1.165) is 11.8 Å². The van der Waals surface area contributed by atoms with Crippen LogP contribution in [0.3, 0.4) is 0 Å². The van der Waals surface area contributed by atoms with Crippen molar-refractivity contribution in [2.24, 2.45) is 0 Å². The number of nitrogens with zero attached hydrogens (tertiary/aromatic N) is 2. The molecular formula is C16H20FN3O3S. The topological polar surface area (TPSA) is 77.2 Å². The van der Waals surface area contributed by atoms with E-state index in [-0.39, 0.29) is 34.1 Å². The maximum absolute atomic E-state index is 13.6. The molecule has 0 saturated carbocycles. The van der Waals surface area contributed by atoms with Crippen LogP contribution < -0.4 is 10.1 Å². The quantitative estimate of drug-likeness (QED) is 0.803. The number of benzene rings is 1. The van der Waals surface area contributed by atoms with Crippen LogP contribution in [0.25, 0.3) is 0 Å². The Morgan fingerprint density at radius 3 is 2.75 bits per heavy atom. The minimum atomic E-state index is -0.604. The molecule has 0 fully saturated rings. The third-order valence-electron chi connectivity index (χ3n) is 2.75. The number of thioether (sulfide) groups is 1. The zero-order chi connectivity index (χ0) is 17.7. The van der Waals surface area contributed by atoms with Crippen molar-refractivity contribution in [1.29, 1.82) is 0 Å². The van der Waals surface area contributed by atoms with Gasteiger partial charge in [0, 0.05) is 5.54 Å². The summed E-state index contributed by atoms with van der Waals surface area (Å²) in [5.41, 5.74) is -0.292. The van der Waals surface area contributed by atoms with Gasteiger partial charge in [-0.15, -0.1) is 10.2 Å². The van der Waals surface area contributed by atoms with E-state index in [0.29, 0.717) is 0 Å². The zero-order valence-corrected chi connectivity index (χ0v) is 14.8. The van der Waals surface area contributed by atoms with E-state index < -0.39 is 11.9 Å². The number of rotatable bonds is 6. The van der Waals surface area contributed by atoms with Gasteiger partial charge in [0.15, 0.2) is 17.7 Å². The van der Waals surface area contributed by atoms with Gasteiger partial charge in [0.2, 0.25) is 5.91 Å². The lowest BCUT2D eigenvalue weighted by atomic mass is 10.1. The number of carbonyl (C=O) groups excluding carboxylic acids is 1. The highest BCUT2D eigenvalue weighted by Crippen LogP contribution is 2.25. The van der Waals surface area contributed by atoms with E-state index in [1.165, 1.54) is 12.1 Å². The lowest BCUT2D eigenvalue weighted by Crippen LogP contribution is -2.41. The average molecular weight is 353 g/mol. The molecule has 1 aromatic carbocycles. The van der Waals surface area contributed by atoms with Crippen molar-refractivity contribution in [3.05, 3.63) is 36.0 Å². The normalized spacial score (nSPS) is 12.7. The fourth-order valence-corrected chi connectivity index (χ4v) is 2.38. The molecule has 0 aliphatic carbocycles. The second-order valence-electron chi connectivity index (χ2n) is 6.18. The largest absolute Gasteiger partial charge is 0.478 e. The van der Waals surface area contributed by atoms with Gasteiger partial charge in [0.25, 0.3) is 11.1 Å². The Morgan fingerprint density at radius 2 is 2.08 bits per heavy atom. The van der Waals surface area contributed by atoms with Crippen molar-refractivity contribution in [3.63, 3.8) is 0 Å². The van der Waals surface area contributed by atoms with Crippen molar-refractivity contribution in [2.45, 2.75) is 44.6 Å². The molecule has 0 aliphatic heterocycles. The molecule has 8 heteroatoms. The summed E-state index contributed by atoms with van der Waals surface area (Å²) >= 11 is 1.13. The van der Waals surface area contributed by atoms with Crippen LogP contribution >= 0.6 is 11.8 Å². The van der Waals surface area contributed by atoms with Crippen molar-refractivity contribution in [1.82, 2.24) is 15.5 Å². The summed E-state index contributed by atoms with van der Waals surface area (Å²) in [4.78, 5) is 11.8. The number of hydrogen-bond donors (Lipinski definition) is 1. The van der Waals surface area contributed by atoms with Crippen LogP contribution in [0.4, 0.5) is 4.39 Å². The number of nitrogens with one attached hydrogen (secondary N) is 1. The first-order chi connectivity index (χ1) is 11.2. The first-order valence-corrected chi connectivity index (χ1v) is 8.41. The Bertz CT molecular complexity index is 700. The molecule has 130 valence electrons. The van der Waals surface area contributed by atoms with E-state index in [1.54, 1.807) is 19.1 Å². The Morgan fingerprint density at radius 1 is 1.38 bits per heavy atom. The first-order valence-electron chi connectivity index (χ1n) is 7.43. The van der Waals surface area contributed by atoms with Crippen LogP contribution in [0.5, 0.6) is 5.75 Å². The van der Waals surface area contributed by atoms with E-state index in [1.807, 2.05) is 20.8 Å². The van der Waals surface area contributed by atoms with E-state index in [4.69, 9.17) is 9.15 Å². The molecule has 1 heterocycles. The molecule has 6 nitrogen and oxygen atoms in total. The number of hydrogen-bond acceptors (Lipinski definition) is 6. The van der Waals surface area contributed by atoms with Gasteiger partial charge in [0.05, 0.1) is 5.75 Å². The van der Waals surface area contributed by atoms with Crippen LogP contribution in [0, 0.1) is 5.82 Å². The van der Waals surface area contributed by atoms with Crippen LogP contribution in [0.15, 0.2) is 33.9 Å². The second kappa shape index (κ2) is 7.65. The summed E-state index contributed by atoms with van der Waals surface area (Å²) in [6.07, 6.45) is -0.604. The van der Waals surface area contributed by atoms with Crippen LogP contribution in [-0.2, 0) is 4.79 Å². The molecule has 1 N–H and O–H groups in total. The summed E-state index contributed by atoms with van der Waals surface area (Å²) in [5, 5.41) is 10.8. The molecular weight excluding hydrogens is 333 g/mol. The minimum Gasteiger partial charge on any atom is -0.478 e. The van der Waals surface area contributed by atoms with Crippen LogP contribution in [0.2, 0.25) is 0 Å². The van der Waals surface area contributed by atoms with Crippen LogP contribution in [0.1, 0.15) is 39.7 Å². The van der Waals surface area contributed by atoms with Crippen molar-refractivity contribution < 1.29 is 18.3 Å². The molecule has 2 rings (SSSR count). The summed E-state index contributed by atoms with van der Waals surface area (Å²) in [5.74, 6) is -0.0827. The van der Waals surface area contributed by atoms with Gasteiger partial charge in [-0.25, -0.2) is 4.39 Å². The molecule has 1 aromatic heterocycles. The van der Waals surface area contributed by atoms with E-state index in [9.17, 15) is 9.18 Å².